The lowest BCUT2D eigenvalue weighted by molar-refractivity contribution is 0.142. The van der Waals surface area contributed by atoms with E-state index in [1.807, 2.05) is 11.8 Å². The Kier molecular flexibility index (Phi) is 5.86. The van der Waals surface area contributed by atoms with E-state index >= 15 is 0 Å². The molecule has 4 heteroatoms. The Labute approximate surface area is 90.6 Å². The van der Waals surface area contributed by atoms with Crippen molar-refractivity contribution in [1.82, 2.24) is 5.32 Å². The van der Waals surface area contributed by atoms with Crippen LogP contribution in [0.3, 0.4) is 0 Å². The second-order valence-electron chi connectivity index (χ2n) is 3.80. The molecule has 84 valence electrons. The summed E-state index contributed by atoms with van der Waals surface area (Å²) in [5, 5.41) is 13.2. The molecule has 3 unspecified atom stereocenters. The highest BCUT2D eigenvalue weighted by Gasteiger charge is 2.25. The molecule has 0 amide bonds. The second-order valence-corrected chi connectivity index (χ2v) is 5.29. The summed E-state index contributed by atoms with van der Waals surface area (Å²) in [5.41, 5.74) is 0. The van der Waals surface area contributed by atoms with E-state index in [4.69, 9.17) is 9.84 Å². The van der Waals surface area contributed by atoms with Crippen molar-refractivity contribution >= 4 is 11.8 Å². The molecule has 14 heavy (non-hydrogen) atoms. The smallest absolute Gasteiger partial charge is 0.0616 e. The topological polar surface area (TPSA) is 41.5 Å². The third-order valence-corrected chi connectivity index (χ3v) is 4.00. The molecule has 0 aliphatic carbocycles. The lowest BCUT2D eigenvalue weighted by Crippen LogP contribution is -2.44. The molecule has 1 aliphatic rings. The number of nitrogens with one attached hydrogen (secondary N) is 1. The highest BCUT2D eigenvalue weighted by molar-refractivity contribution is 8.00. The summed E-state index contributed by atoms with van der Waals surface area (Å²) in [6.07, 6.45) is 2.01. The van der Waals surface area contributed by atoms with Crippen LogP contribution in [0.5, 0.6) is 0 Å². The number of thioether (sulfide) groups is 1. The van der Waals surface area contributed by atoms with E-state index in [0.717, 1.165) is 6.42 Å². The molecule has 1 heterocycles. The molecule has 0 aromatic carbocycles. The quantitative estimate of drug-likeness (QED) is 0.695. The SMILES string of the molecule is COCC(CCO)NC1CCSC1C. The number of aliphatic hydroxyl groups is 1. The summed E-state index contributed by atoms with van der Waals surface area (Å²) in [6.45, 7) is 3.18. The lowest BCUT2D eigenvalue weighted by Gasteiger charge is -2.24. The average molecular weight is 219 g/mol. The van der Waals surface area contributed by atoms with Gasteiger partial charge < -0.3 is 15.2 Å². The Morgan fingerprint density at radius 1 is 1.64 bits per heavy atom. The molecule has 3 atom stereocenters. The third kappa shape index (κ3) is 3.77. The van der Waals surface area contributed by atoms with Gasteiger partial charge in [-0.3, -0.25) is 0 Å². The highest BCUT2D eigenvalue weighted by Crippen LogP contribution is 2.26. The molecule has 0 aromatic rings. The van der Waals surface area contributed by atoms with E-state index in [2.05, 4.69) is 12.2 Å². The van der Waals surface area contributed by atoms with Crippen molar-refractivity contribution in [2.45, 2.75) is 37.1 Å². The first-order valence-corrected chi connectivity index (χ1v) is 6.30. The summed E-state index contributed by atoms with van der Waals surface area (Å²) in [4.78, 5) is 0. The predicted octanol–water partition coefficient (Wildman–Crippen LogP) is 0.867. The first-order valence-electron chi connectivity index (χ1n) is 5.25. The standard InChI is InChI=1S/C10H21NO2S/c1-8-10(4-6-14-8)11-9(3-5-12)7-13-2/h8-12H,3-7H2,1-2H3. The van der Waals surface area contributed by atoms with Crippen molar-refractivity contribution in [2.24, 2.45) is 0 Å². The van der Waals surface area contributed by atoms with E-state index in [1.165, 1.54) is 12.2 Å². The number of methoxy groups -OCH3 is 1. The van der Waals surface area contributed by atoms with Gasteiger partial charge >= 0.3 is 0 Å². The zero-order valence-corrected chi connectivity index (χ0v) is 9.85. The number of hydrogen-bond donors (Lipinski definition) is 2. The van der Waals surface area contributed by atoms with E-state index in [1.54, 1.807) is 7.11 Å². The number of aliphatic hydroxyl groups excluding tert-OH is 1. The minimum absolute atomic E-state index is 0.231. The second kappa shape index (κ2) is 6.67. The van der Waals surface area contributed by atoms with Gasteiger partial charge in [-0.25, -0.2) is 0 Å². The van der Waals surface area contributed by atoms with Crippen molar-refractivity contribution in [2.75, 3.05) is 26.1 Å². The van der Waals surface area contributed by atoms with E-state index in [-0.39, 0.29) is 6.61 Å². The molecule has 1 fully saturated rings. The fraction of sp³-hybridized carbons (Fsp3) is 1.00. The van der Waals surface area contributed by atoms with Crippen LogP contribution in [0, 0.1) is 0 Å². The monoisotopic (exact) mass is 219 g/mol. The van der Waals surface area contributed by atoms with E-state index in [0.29, 0.717) is 23.9 Å². The summed E-state index contributed by atoms with van der Waals surface area (Å²) >= 11 is 2.02. The Balaban J connectivity index is 2.29. The van der Waals surface area contributed by atoms with Gasteiger partial charge in [-0.1, -0.05) is 6.92 Å². The van der Waals surface area contributed by atoms with Gasteiger partial charge in [0, 0.05) is 31.1 Å². The summed E-state index contributed by atoms with van der Waals surface area (Å²) in [7, 11) is 1.71. The van der Waals surface area contributed by atoms with E-state index in [9.17, 15) is 0 Å². The van der Waals surface area contributed by atoms with Crippen molar-refractivity contribution in [1.29, 1.82) is 0 Å². The Hall–Kier alpha value is 0.230. The molecule has 0 bridgehead atoms. The molecule has 3 nitrogen and oxygen atoms in total. The Morgan fingerprint density at radius 3 is 2.93 bits per heavy atom. The molecule has 1 rings (SSSR count). The van der Waals surface area contributed by atoms with Crippen LogP contribution >= 0.6 is 11.8 Å². The van der Waals surface area contributed by atoms with Crippen LogP contribution in [-0.2, 0) is 4.74 Å². The summed E-state index contributed by atoms with van der Waals surface area (Å²) < 4.78 is 5.12. The van der Waals surface area contributed by atoms with Gasteiger partial charge in [-0.05, 0) is 18.6 Å². The first kappa shape index (κ1) is 12.3. The molecular weight excluding hydrogens is 198 g/mol. The van der Waals surface area contributed by atoms with Crippen LogP contribution in [0.1, 0.15) is 19.8 Å². The summed E-state index contributed by atoms with van der Waals surface area (Å²) in [5.74, 6) is 1.25. The van der Waals surface area contributed by atoms with Crippen molar-refractivity contribution < 1.29 is 9.84 Å². The molecule has 1 aliphatic heterocycles. The van der Waals surface area contributed by atoms with Gasteiger partial charge in [0.05, 0.1) is 6.61 Å². The molecule has 0 saturated carbocycles. The molecule has 2 N–H and O–H groups in total. The van der Waals surface area contributed by atoms with Crippen molar-refractivity contribution in [3.8, 4) is 0 Å². The van der Waals surface area contributed by atoms with Gasteiger partial charge in [0.25, 0.3) is 0 Å². The van der Waals surface area contributed by atoms with Crippen LogP contribution < -0.4 is 5.32 Å². The van der Waals surface area contributed by atoms with Crippen molar-refractivity contribution in [3.63, 3.8) is 0 Å². The Bertz CT molecular complexity index is 151. The highest BCUT2D eigenvalue weighted by atomic mass is 32.2. The third-order valence-electron chi connectivity index (χ3n) is 2.67. The molecule has 0 spiro atoms. The fourth-order valence-electron chi connectivity index (χ4n) is 1.83. The maximum Gasteiger partial charge on any atom is 0.0616 e. The van der Waals surface area contributed by atoms with Gasteiger partial charge in [-0.15, -0.1) is 0 Å². The largest absolute Gasteiger partial charge is 0.396 e. The average Bonchev–Trinajstić information content (AvgIpc) is 2.53. The van der Waals surface area contributed by atoms with Crippen LogP contribution in [0.4, 0.5) is 0 Å². The molecule has 1 saturated heterocycles. The van der Waals surface area contributed by atoms with Gasteiger partial charge in [0.1, 0.15) is 0 Å². The van der Waals surface area contributed by atoms with Crippen molar-refractivity contribution in [3.05, 3.63) is 0 Å². The summed E-state index contributed by atoms with van der Waals surface area (Å²) in [6, 6.07) is 0.892. The van der Waals surface area contributed by atoms with Gasteiger partial charge in [0.2, 0.25) is 0 Å². The zero-order chi connectivity index (χ0) is 10.4. The maximum atomic E-state index is 8.90. The minimum atomic E-state index is 0.231. The first-order chi connectivity index (χ1) is 6.77. The molecule has 0 radical (unpaired) electrons. The normalized spacial score (nSPS) is 29.4. The fourth-order valence-corrected chi connectivity index (χ4v) is 3.03. The molecular formula is C10H21NO2S. The van der Waals surface area contributed by atoms with Crippen LogP contribution in [0.25, 0.3) is 0 Å². The van der Waals surface area contributed by atoms with Crippen LogP contribution in [0.2, 0.25) is 0 Å². The van der Waals surface area contributed by atoms with Crippen LogP contribution in [-0.4, -0.2) is 48.5 Å². The van der Waals surface area contributed by atoms with Crippen LogP contribution in [0.15, 0.2) is 0 Å². The Morgan fingerprint density at radius 2 is 2.43 bits per heavy atom. The lowest BCUT2D eigenvalue weighted by atomic mass is 10.1. The number of rotatable bonds is 6. The van der Waals surface area contributed by atoms with E-state index < -0.39 is 0 Å². The maximum absolute atomic E-state index is 8.90. The zero-order valence-electron chi connectivity index (χ0n) is 9.03. The number of ether oxygens (including phenoxy) is 1. The number of hydrogen-bond acceptors (Lipinski definition) is 4. The van der Waals surface area contributed by atoms with Gasteiger partial charge in [0.15, 0.2) is 0 Å². The predicted molar refractivity (Wildman–Crippen MR) is 60.8 cm³/mol. The van der Waals surface area contributed by atoms with Gasteiger partial charge in [-0.2, -0.15) is 11.8 Å². The minimum Gasteiger partial charge on any atom is -0.396 e. The molecule has 0 aromatic heterocycles.